The Morgan fingerprint density at radius 2 is 1.67 bits per heavy atom. The van der Waals surface area contributed by atoms with Crippen LogP contribution in [0.2, 0.25) is 0 Å². The molecule has 0 bridgehead atoms. The number of benzene rings is 1. The first-order valence-corrected chi connectivity index (χ1v) is 9.89. The molecule has 1 N–H and O–H groups in total. The van der Waals surface area contributed by atoms with Crippen molar-refractivity contribution < 1.29 is 17.6 Å². The van der Waals surface area contributed by atoms with Gasteiger partial charge in [0.15, 0.2) is 9.84 Å². The highest BCUT2D eigenvalue weighted by Gasteiger charge is 2.18. The van der Waals surface area contributed by atoms with E-state index in [0.717, 1.165) is 11.4 Å². The molecule has 2 heterocycles. The normalized spacial score (nSPS) is 11.4. The first-order chi connectivity index (χ1) is 12.7. The van der Waals surface area contributed by atoms with E-state index in [2.05, 4.69) is 15.3 Å². The quantitative estimate of drug-likeness (QED) is 0.723. The zero-order valence-corrected chi connectivity index (χ0v) is 16.0. The lowest BCUT2D eigenvalue weighted by molar-refractivity contribution is 0.102. The van der Waals surface area contributed by atoms with Gasteiger partial charge in [-0.05, 0) is 57.2 Å². The van der Waals surface area contributed by atoms with Gasteiger partial charge in [-0.1, -0.05) is 0 Å². The van der Waals surface area contributed by atoms with Crippen LogP contribution in [0.3, 0.4) is 0 Å². The summed E-state index contributed by atoms with van der Waals surface area (Å²) in [6.45, 7) is 5.29. The number of sulfone groups is 1. The van der Waals surface area contributed by atoms with Gasteiger partial charge in [-0.15, -0.1) is 0 Å². The van der Waals surface area contributed by atoms with Crippen molar-refractivity contribution in [3.8, 4) is 0 Å². The molecule has 0 aliphatic rings. The Labute approximate surface area is 157 Å². The fourth-order valence-electron chi connectivity index (χ4n) is 2.68. The molecule has 0 saturated heterocycles. The van der Waals surface area contributed by atoms with Gasteiger partial charge in [0.1, 0.15) is 17.3 Å². The number of amides is 1. The number of hydrogen-bond donors (Lipinski definition) is 1. The zero-order valence-electron chi connectivity index (χ0n) is 15.2. The van der Waals surface area contributed by atoms with Crippen molar-refractivity contribution >= 4 is 21.4 Å². The van der Waals surface area contributed by atoms with Crippen LogP contribution in [0.4, 0.5) is 5.69 Å². The fourth-order valence-corrected chi connectivity index (χ4v) is 3.87. The summed E-state index contributed by atoms with van der Waals surface area (Å²) in [5.41, 5.74) is 2.36. The third-order valence-corrected chi connectivity index (χ3v) is 5.55. The standard InChI is InChI=1S/C19H19N3O4S/c1-12-10-13(2)21-18(20-12)11-27(24,25)16-6-4-15(5-7-16)22-19(23)17-8-9-26-14(17)3/h4-10H,11H2,1-3H3,(H,22,23). The Hall–Kier alpha value is -3.00. The first kappa shape index (κ1) is 18.8. The number of hydrogen-bond acceptors (Lipinski definition) is 6. The van der Waals surface area contributed by atoms with Crippen molar-refractivity contribution in [2.45, 2.75) is 31.4 Å². The van der Waals surface area contributed by atoms with E-state index in [1.54, 1.807) is 45.0 Å². The Morgan fingerprint density at radius 1 is 1.04 bits per heavy atom. The van der Waals surface area contributed by atoms with Crippen LogP contribution in [0.1, 0.15) is 33.3 Å². The average Bonchev–Trinajstić information content (AvgIpc) is 3.00. The van der Waals surface area contributed by atoms with Crippen LogP contribution in [0.25, 0.3) is 0 Å². The second-order valence-electron chi connectivity index (χ2n) is 6.19. The minimum Gasteiger partial charge on any atom is -0.469 e. The molecule has 0 aliphatic heterocycles. The molecule has 1 aromatic carbocycles. The molecule has 140 valence electrons. The monoisotopic (exact) mass is 385 g/mol. The molecule has 7 nitrogen and oxygen atoms in total. The number of nitrogens with one attached hydrogen (secondary N) is 1. The predicted molar refractivity (Wildman–Crippen MR) is 100 cm³/mol. The molecule has 27 heavy (non-hydrogen) atoms. The third kappa shape index (κ3) is 4.40. The summed E-state index contributed by atoms with van der Waals surface area (Å²) < 4.78 is 30.3. The summed E-state index contributed by atoms with van der Waals surface area (Å²) in [6, 6.07) is 9.36. The third-order valence-electron chi connectivity index (χ3n) is 3.92. The summed E-state index contributed by atoms with van der Waals surface area (Å²) >= 11 is 0. The summed E-state index contributed by atoms with van der Waals surface area (Å²) in [5, 5.41) is 2.71. The number of aromatic nitrogens is 2. The number of nitrogens with zero attached hydrogens (tertiary/aromatic N) is 2. The molecule has 8 heteroatoms. The smallest absolute Gasteiger partial charge is 0.259 e. The lowest BCUT2D eigenvalue weighted by Gasteiger charge is -2.08. The molecule has 0 radical (unpaired) electrons. The first-order valence-electron chi connectivity index (χ1n) is 8.24. The van der Waals surface area contributed by atoms with E-state index in [1.807, 2.05) is 0 Å². The van der Waals surface area contributed by atoms with E-state index in [1.165, 1.54) is 18.4 Å². The van der Waals surface area contributed by atoms with E-state index in [9.17, 15) is 13.2 Å². The summed E-state index contributed by atoms with van der Waals surface area (Å²) in [4.78, 5) is 20.7. The Kier molecular flexibility index (Phi) is 5.09. The maximum atomic E-state index is 12.6. The molecule has 3 aromatic rings. The van der Waals surface area contributed by atoms with Gasteiger partial charge in [-0.2, -0.15) is 0 Å². The molecule has 0 atom stereocenters. The van der Waals surface area contributed by atoms with E-state index in [0.29, 0.717) is 17.0 Å². The van der Waals surface area contributed by atoms with Gasteiger partial charge in [-0.25, -0.2) is 18.4 Å². The Morgan fingerprint density at radius 3 is 2.22 bits per heavy atom. The van der Waals surface area contributed by atoms with Gasteiger partial charge in [0, 0.05) is 17.1 Å². The molecule has 0 fully saturated rings. The lowest BCUT2D eigenvalue weighted by atomic mass is 10.2. The van der Waals surface area contributed by atoms with Gasteiger partial charge >= 0.3 is 0 Å². The second-order valence-corrected chi connectivity index (χ2v) is 8.18. The minimum absolute atomic E-state index is 0.141. The van der Waals surface area contributed by atoms with Crippen LogP contribution in [-0.2, 0) is 15.6 Å². The highest BCUT2D eigenvalue weighted by molar-refractivity contribution is 7.90. The predicted octanol–water partition coefficient (Wildman–Crippen LogP) is 3.22. The topological polar surface area (TPSA) is 102 Å². The van der Waals surface area contributed by atoms with Crippen LogP contribution in [0.5, 0.6) is 0 Å². The van der Waals surface area contributed by atoms with Gasteiger partial charge < -0.3 is 9.73 Å². The van der Waals surface area contributed by atoms with Crippen molar-refractivity contribution in [3.63, 3.8) is 0 Å². The maximum absolute atomic E-state index is 12.6. The lowest BCUT2D eigenvalue weighted by Crippen LogP contribution is -2.12. The van der Waals surface area contributed by atoms with Crippen molar-refractivity contribution in [2.75, 3.05) is 5.32 Å². The molecule has 0 unspecified atom stereocenters. The van der Waals surface area contributed by atoms with E-state index in [4.69, 9.17) is 4.42 Å². The molecular formula is C19H19N3O4S. The van der Waals surface area contributed by atoms with Crippen LogP contribution >= 0.6 is 0 Å². The maximum Gasteiger partial charge on any atom is 0.259 e. The molecule has 2 aromatic heterocycles. The van der Waals surface area contributed by atoms with Crippen molar-refractivity contribution in [1.29, 1.82) is 0 Å². The van der Waals surface area contributed by atoms with Gasteiger partial charge in [0.25, 0.3) is 5.91 Å². The van der Waals surface area contributed by atoms with Crippen molar-refractivity contribution in [3.05, 3.63) is 71.2 Å². The number of carbonyl (C=O) groups is 1. The zero-order chi connectivity index (χ0) is 19.6. The van der Waals surface area contributed by atoms with E-state index >= 15 is 0 Å². The summed E-state index contributed by atoms with van der Waals surface area (Å²) in [7, 11) is -3.59. The number of aryl methyl sites for hydroxylation is 3. The Bertz CT molecular complexity index is 1070. The molecule has 1 amide bonds. The largest absolute Gasteiger partial charge is 0.469 e. The SMILES string of the molecule is Cc1cc(C)nc(CS(=O)(=O)c2ccc(NC(=O)c3ccoc3C)cc2)n1. The molecule has 0 saturated carbocycles. The molecular weight excluding hydrogens is 366 g/mol. The van der Waals surface area contributed by atoms with Crippen LogP contribution in [0, 0.1) is 20.8 Å². The summed E-state index contributed by atoms with van der Waals surface area (Å²) in [5.74, 6) is 0.177. The van der Waals surface area contributed by atoms with Gasteiger partial charge in [0.05, 0.1) is 16.7 Å². The van der Waals surface area contributed by atoms with E-state index in [-0.39, 0.29) is 22.4 Å². The molecule has 0 spiro atoms. The summed E-state index contributed by atoms with van der Waals surface area (Å²) in [6.07, 6.45) is 1.44. The van der Waals surface area contributed by atoms with Crippen LogP contribution < -0.4 is 5.32 Å². The minimum atomic E-state index is -3.59. The van der Waals surface area contributed by atoms with E-state index < -0.39 is 9.84 Å². The Balaban J connectivity index is 1.75. The number of carbonyl (C=O) groups excluding carboxylic acids is 1. The number of furan rings is 1. The van der Waals surface area contributed by atoms with Gasteiger partial charge in [-0.3, -0.25) is 4.79 Å². The molecule has 3 rings (SSSR count). The number of rotatable bonds is 5. The number of anilines is 1. The highest BCUT2D eigenvalue weighted by atomic mass is 32.2. The average molecular weight is 385 g/mol. The van der Waals surface area contributed by atoms with Crippen LogP contribution in [-0.4, -0.2) is 24.3 Å². The highest BCUT2D eigenvalue weighted by Crippen LogP contribution is 2.19. The van der Waals surface area contributed by atoms with Crippen LogP contribution in [0.15, 0.2) is 52.0 Å². The fraction of sp³-hybridized carbons (Fsp3) is 0.211. The van der Waals surface area contributed by atoms with Crippen molar-refractivity contribution in [1.82, 2.24) is 9.97 Å². The van der Waals surface area contributed by atoms with Crippen molar-refractivity contribution in [2.24, 2.45) is 0 Å². The van der Waals surface area contributed by atoms with Gasteiger partial charge in [0.2, 0.25) is 0 Å². The second kappa shape index (κ2) is 7.32. The molecule has 0 aliphatic carbocycles.